The number of para-hydroxylation sites is 1. The molecule has 0 heterocycles. The first-order valence-corrected chi connectivity index (χ1v) is 5.56. The first-order chi connectivity index (χ1) is 8.59. The number of hydrogen-bond acceptors (Lipinski definition) is 2. The van der Waals surface area contributed by atoms with Crippen molar-refractivity contribution in [1.82, 2.24) is 0 Å². The van der Waals surface area contributed by atoms with Crippen molar-refractivity contribution in [2.75, 3.05) is 0 Å². The van der Waals surface area contributed by atoms with Crippen LogP contribution in [-0.4, -0.2) is 0 Å². The van der Waals surface area contributed by atoms with E-state index in [9.17, 15) is 8.78 Å². The van der Waals surface area contributed by atoms with Crippen LogP contribution in [0.4, 0.5) is 8.78 Å². The molecule has 1 atom stereocenters. The predicted molar refractivity (Wildman–Crippen MR) is 65.5 cm³/mol. The van der Waals surface area contributed by atoms with Crippen LogP contribution in [-0.2, 0) is 0 Å². The van der Waals surface area contributed by atoms with E-state index in [0.29, 0.717) is 0 Å². The number of benzene rings is 2. The fraction of sp³-hybridized carbons (Fsp3) is 0.143. The van der Waals surface area contributed by atoms with Gasteiger partial charge in [0, 0.05) is 11.6 Å². The minimum absolute atomic E-state index is 0.0463. The first-order valence-electron chi connectivity index (χ1n) is 5.56. The van der Waals surface area contributed by atoms with E-state index in [1.807, 2.05) is 0 Å². The summed E-state index contributed by atoms with van der Waals surface area (Å²) in [7, 11) is 0. The van der Waals surface area contributed by atoms with Crippen molar-refractivity contribution in [2.45, 2.75) is 13.0 Å². The Bertz CT molecular complexity index is 555. The molecule has 94 valence electrons. The van der Waals surface area contributed by atoms with Gasteiger partial charge in [-0.05, 0) is 31.2 Å². The van der Waals surface area contributed by atoms with Crippen LogP contribution in [0.5, 0.6) is 11.5 Å². The molecule has 2 rings (SSSR count). The van der Waals surface area contributed by atoms with Gasteiger partial charge in [-0.1, -0.05) is 18.2 Å². The van der Waals surface area contributed by atoms with E-state index in [1.54, 1.807) is 25.1 Å². The molecule has 4 heteroatoms. The molecule has 0 aromatic heterocycles. The standard InChI is InChI=1S/C14H13F2NO/c1-9(17)14-11(16)6-4-8-13(14)18-12-7-3-2-5-10(12)15/h2-9H,17H2,1H3/t9-/m0/s1. The van der Waals surface area contributed by atoms with Crippen molar-refractivity contribution in [2.24, 2.45) is 5.73 Å². The van der Waals surface area contributed by atoms with E-state index >= 15 is 0 Å². The molecule has 0 saturated carbocycles. The number of hydrogen-bond donors (Lipinski definition) is 1. The van der Waals surface area contributed by atoms with Gasteiger partial charge in [-0.15, -0.1) is 0 Å². The summed E-state index contributed by atoms with van der Waals surface area (Å²) in [5.74, 6) is -0.684. The summed E-state index contributed by atoms with van der Waals surface area (Å²) in [4.78, 5) is 0. The van der Waals surface area contributed by atoms with Gasteiger partial charge in [-0.2, -0.15) is 0 Å². The lowest BCUT2D eigenvalue weighted by atomic mass is 10.1. The maximum Gasteiger partial charge on any atom is 0.165 e. The molecule has 0 aliphatic rings. The zero-order chi connectivity index (χ0) is 13.1. The molecule has 0 saturated heterocycles. The van der Waals surface area contributed by atoms with E-state index in [2.05, 4.69) is 0 Å². The Hall–Kier alpha value is -1.94. The summed E-state index contributed by atoms with van der Waals surface area (Å²) in [5, 5.41) is 0. The Balaban J connectivity index is 2.41. The fourth-order valence-corrected chi connectivity index (χ4v) is 1.69. The molecule has 2 aromatic rings. The summed E-state index contributed by atoms with van der Waals surface area (Å²) in [6.07, 6.45) is 0. The zero-order valence-corrected chi connectivity index (χ0v) is 9.86. The monoisotopic (exact) mass is 249 g/mol. The molecule has 18 heavy (non-hydrogen) atoms. The maximum atomic E-state index is 13.7. The van der Waals surface area contributed by atoms with Gasteiger partial charge in [0.05, 0.1) is 0 Å². The Morgan fingerprint density at radius 3 is 2.22 bits per heavy atom. The van der Waals surface area contributed by atoms with Gasteiger partial charge in [0.2, 0.25) is 0 Å². The smallest absolute Gasteiger partial charge is 0.165 e. The number of ether oxygens (including phenoxy) is 1. The lowest BCUT2D eigenvalue weighted by Gasteiger charge is -2.14. The van der Waals surface area contributed by atoms with E-state index in [-0.39, 0.29) is 17.1 Å². The Morgan fingerprint density at radius 2 is 1.56 bits per heavy atom. The Labute approximate surface area is 104 Å². The van der Waals surface area contributed by atoms with Gasteiger partial charge < -0.3 is 10.5 Å². The first kappa shape index (κ1) is 12.5. The molecule has 0 amide bonds. The Kier molecular flexibility index (Phi) is 3.58. The van der Waals surface area contributed by atoms with Gasteiger partial charge in [0.25, 0.3) is 0 Å². The molecule has 0 spiro atoms. The van der Waals surface area contributed by atoms with Crippen LogP contribution in [0.1, 0.15) is 18.5 Å². The molecule has 2 N–H and O–H groups in total. The largest absolute Gasteiger partial charge is 0.454 e. The topological polar surface area (TPSA) is 35.2 Å². The number of nitrogens with two attached hydrogens (primary N) is 1. The average Bonchev–Trinajstić information content (AvgIpc) is 2.31. The zero-order valence-electron chi connectivity index (χ0n) is 9.86. The molecule has 2 aromatic carbocycles. The molecule has 0 bridgehead atoms. The molecular weight excluding hydrogens is 236 g/mol. The highest BCUT2D eigenvalue weighted by atomic mass is 19.1. The highest BCUT2D eigenvalue weighted by molar-refractivity contribution is 5.40. The second-order valence-electron chi connectivity index (χ2n) is 3.97. The predicted octanol–water partition coefficient (Wildman–Crippen LogP) is 3.78. The minimum atomic E-state index is -0.534. The molecule has 0 radical (unpaired) electrons. The maximum absolute atomic E-state index is 13.7. The second-order valence-corrected chi connectivity index (χ2v) is 3.97. The van der Waals surface area contributed by atoms with Crippen LogP contribution in [0.2, 0.25) is 0 Å². The van der Waals surface area contributed by atoms with Crippen LogP contribution < -0.4 is 10.5 Å². The van der Waals surface area contributed by atoms with Crippen LogP contribution in [0.3, 0.4) is 0 Å². The lowest BCUT2D eigenvalue weighted by Crippen LogP contribution is -2.09. The van der Waals surface area contributed by atoms with Gasteiger partial charge in [0.15, 0.2) is 11.6 Å². The second kappa shape index (κ2) is 5.14. The Morgan fingerprint density at radius 1 is 0.944 bits per heavy atom. The number of rotatable bonds is 3. The third kappa shape index (κ3) is 2.49. The quantitative estimate of drug-likeness (QED) is 0.898. The average molecular weight is 249 g/mol. The molecule has 0 fully saturated rings. The van der Waals surface area contributed by atoms with Crippen molar-refractivity contribution in [3.05, 3.63) is 59.7 Å². The highest BCUT2D eigenvalue weighted by Gasteiger charge is 2.15. The summed E-state index contributed by atoms with van der Waals surface area (Å²) in [5.41, 5.74) is 5.93. The molecular formula is C14H13F2NO. The SMILES string of the molecule is C[C@H](N)c1c(F)cccc1Oc1ccccc1F. The lowest BCUT2D eigenvalue weighted by molar-refractivity contribution is 0.428. The van der Waals surface area contributed by atoms with Crippen LogP contribution in [0.15, 0.2) is 42.5 Å². The van der Waals surface area contributed by atoms with E-state index in [4.69, 9.17) is 10.5 Å². The molecule has 0 aliphatic heterocycles. The van der Waals surface area contributed by atoms with Crippen molar-refractivity contribution >= 4 is 0 Å². The van der Waals surface area contributed by atoms with Crippen LogP contribution >= 0.6 is 0 Å². The van der Waals surface area contributed by atoms with E-state index in [1.165, 1.54) is 24.3 Å². The third-order valence-corrected chi connectivity index (χ3v) is 2.52. The summed E-state index contributed by atoms with van der Waals surface area (Å²) < 4.78 is 32.5. The minimum Gasteiger partial charge on any atom is -0.454 e. The van der Waals surface area contributed by atoms with E-state index < -0.39 is 17.7 Å². The molecule has 0 unspecified atom stereocenters. The van der Waals surface area contributed by atoms with Gasteiger partial charge in [-0.25, -0.2) is 8.78 Å². The van der Waals surface area contributed by atoms with Gasteiger partial charge in [0.1, 0.15) is 11.6 Å². The van der Waals surface area contributed by atoms with Gasteiger partial charge in [-0.3, -0.25) is 0 Å². The van der Waals surface area contributed by atoms with Crippen molar-refractivity contribution in [3.8, 4) is 11.5 Å². The fourth-order valence-electron chi connectivity index (χ4n) is 1.69. The van der Waals surface area contributed by atoms with Gasteiger partial charge >= 0.3 is 0 Å². The van der Waals surface area contributed by atoms with Crippen molar-refractivity contribution in [3.63, 3.8) is 0 Å². The van der Waals surface area contributed by atoms with Crippen LogP contribution in [0, 0.1) is 11.6 Å². The molecule has 0 aliphatic carbocycles. The normalized spacial score (nSPS) is 12.2. The van der Waals surface area contributed by atoms with Crippen molar-refractivity contribution in [1.29, 1.82) is 0 Å². The highest BCUT2D eigenvalue weighted by Crippen LogP contribution is 2.31. The number of halogens is 2. The van der Waals surface area contributed by atoms with Crippen LogP contribution in [0.25, 0.3) is 0 Å². The summed E-state index contributed by atoms with van der Waals surface area (Å²) >= 11 is 0. The van der Waals surface area contributed by atoms with Crippen molar-refractivity contribution < 1.29 is 13.5 Å². The van der Waals surface area contributed by atoms with E-state index in [0.717, 1.165) is 0 Å². The molecule has 2 nitrogen and oxygen atoms in total. The summed E-state index contributed by atoms with van der Waals surface area (Å²) in [6, 6.07) is 9.78. The third-order valence-electron chi connectivity index (χ3n) is 2.52. The summed E-state index contributed by atoms with van der Waals surface area (Å²) in [6.45, 7) is 1.65.